The van der Waals surface area contributed by atoms with E-state index in [-0.39, 0.29) is 61.4 Å². The van der Waals surface area contributed by atoms with Crippen molar-refractivity contribution in [3.63, 3.8) is 0 Å². The molecule has 206 valence electrons. The van der Waals surface area contributed by atoms with Crippen molar-refractivity contribution < 1.29 is 36.2 Å². The van der Waals surface area contributed by atoms with Gasteiger partial charge in [-0.1, -0.05) is 18.3 Å². The van der Waals surface area contributed by atoms with E-state index < -0.39 is 29.2 Å². The zero-order chi connectivity index (χ0) is 27.7. The van der Waals surface area contributed by atoms with Crippen LogP contribution in [0.2, 0.25) is 0 Å². The third kappa shape index (κ3) is 6.06. The van der Waals surface area contributed by atoms with E-state index >= 15 is 0 Å². The number of alkyl halides is 6. The molecule has 1 fully saturated rings. The van der Waals surface area contributed by atoms with Crippen molar-refractivity contribution in [1.82, 2.24) is 29.6 Å². The monoisotopic (exact) mass is 563 g/mol. The summed E-state index contributed by atoms with van der Waals surface area (Å²) in [6, 6.07) is 1.26. The molecule has 0 aliphatic carbocycles. The lowest BCUT2D eigenvalue weighted by Gasteiger charge is -2.42. The Morgan fingerprint density at radius 1 is 1.13 bits per heavy atom. The van der Waals surface area contributed by atoms with Gasteiger partial charge in [0.25, 0.3) is 0 Å². The van der Waals surface area contributed by atoms with Crippen LogP contribution in [0, 0.1) is 0 Å². The van der Waals surface area contributed by atoms with Gasteiger partial charge in [0.15, 0.2) is 0 Å². The number of halogens is 6. The number of piperazine rings is 1. The molecule has 0 unspecified atom stereocenters. The third-order valence-corrected chi connectivity index (χ3v) is 7.10. The highest BCUT2D eigenvalue weighted by atomic mass is 32.1. The van der Waals surface area contributed by atoms with Crippen molar-refractivity contribution in [2.75, 3.05) is 31.1 Å². The number of anilines is 1. The molecule has 3 aromatic heterocycles. The SMILES string of the molecule is CCc1ccn(CC(=O)N2CCN(c3sc(C(F)(F)F)nc3-c3cnc(C(F)(F)F)nc3)C[C@H]2CCO)n1. The average Bonchev–Trinajstić information content (AvgIpc) is 3.51. The fraction of sp³-hybridized carbons (Fsp3) is 0.500. The molecule has 0 saturated carbocycles. The molecule has 1 N–H and O–H groups in total. The van der Waals surface area contributed by atoms with Crippen LogP contribution in [0.25, 0.3) is 11.3 Å². The van der Waals surface area contributed by atoms with Crippen molar-refractivity contribution in [3.8, 4) is 11.3 Å². The van der Waals surface area contributed by atoms with Crippen LogP contribution in [0.5, 0.6) is 0 Å². The number of thiazole rings is 1. The van der Waals surface area contributed by atoms with Crippen LogP contribution in [0.4, 0.5) is 31.3 Å². The van der Waals surface area contributed by atoms with Crippen molar-refractivity contribution in [2.24, 2.45) is 0 Å². The Bertz CT molecular complexity index is 1260. The lowest BCUT2D eigenvalue weighted by molar-refractivity contribution is -0.145. The molecule has 1 aliphatic rings. The Labute approximate surface area is 216 Å². The number of aromatic nitrogens is 5. The summed E-state index contributed by atoms with van der Waals surface area (Å²) in [5.74, 6) is -1.68. The summed E-state index contributed by atoms with van der Waals surface area (Å²) in [6.07, 6.45) is -5.47. The molecule has 4 heterocycles. The maximum Gasteiger partial charge on any atom is 0.451 e. The molecular formula is C22H23F6N7O2S. The highest BCUT2D eigenvalue weighted by Crippen LogP contribution is 2.43. The van der Waals surface area contributed by atoms with E-state index in [1.165, 1.54) is 4.68 Å². The summed E-state index contributed by atoms with van der Waals surface area (Å²) in [6.45, 7) is 2.00. The number of aliphatic hydroxyl groups is 1. The number of aliphatic hydroxyl groups excluding tert-OH is 1. The van der Waals surface area contributed by atoms with Gasteiger partial charge in [0, 0.05) is 50.4 Å². The van der Waals surface area contributed by atoms with E-state index in [0.717, 1.165) is 18.1 Å². The van der Waals surface area contributed by atoms with E-state index in [4.69, 9.17) is 0 Å². The summed E-state index contributed by atoms with van der Waals surface area (Å²) in [4.78, 5) is 26.3. The highest BCUT2D eigenvalue weighted by molar-refractivity contribution is 7.16. The summed E-state index contributed by atoms with van der Waals surface area (Å²) in [7, 11) is 0. The van der Waals surface area contributed by atoms with Crippen LogP contribution in [0.3, 0.4) is 0 Å². The minimum absolute atomic E-state index is 0.0329. The van der Waals surface area contributed by atoms with Crippen molar-refractivity contribution >= 4 is 22.2 Å². The first-order valence-electron chi connectivity index (χ1n) is 11.6. The van der Waals surface area contributed by atoms with Gasteiger partial charge < -0.3 is 14.9 Å². The molecule has 4 rings (SSSR count). The first kappa shape index (κ1) is 27.8. The lowest BCUT2D eigenvalue weighted by atomic mass is 10.1. The Morgan fingerprint density at radius 2 is 1.84 bits per heavy atom. The molecule has 16 heteroatoms. The summed E-state index contributed by atoms with van der Waals surface area (Å²) >= 11 is 0.347. The molecule has 38 heavy (non-hydrogen) atoms. The average molecular weight is 564 g/mol. The molecule has 1 aliphatic heterocycles. The number of aryl methyl sites for hydroxylation is 1. The smallest absolute Gasteiger partial charge is 0.396 e. The number of hydrogen-bond acceptors (Lipinski definition) is 8. The summed E-state index contributed by atoms with van der Waals surface area (Å²) in [5.41, 5.74) is 0.504. The van der Waals surface area contributed by atoms with Gasteiger partial charge in [-0.05, 0) is 18.9 Å². The Hall–Kier alpha value is -3.27. The number of amides is 1. The molecule has 0 radical (unpaired) electrons. The van der Waals surface area contributed by atoms with Gasteiger partial charge in [0.2, 0.25) is 16.7 Å². The molecule has 0 bridgehead atoms. The van der Waals surface area contributed by atoms with Gasteiger partial charge in [-0.2, -0.15) is 31.4 Å². The fourth-order valence-corrected chi connectivity index (χ4v) is 5.10. The Balaban J connectivity index is 1.60. The molecular weight excluding hydrogens is 540 g/mol. The normalized spacial score (nSPS) is 16.8. The van der Waals surface area contributed by atoms with Gasteiger partial charge in [-0.3, -0.25) is 9.48 Å². The number of carbonyl (C=O) groups is 1. The topological polar surface area (TPSA) is 100 Å². The first-order valence-corrected chi connectivity index (χ1v) is 12.4. The summed E-state index contributed by atoms with van der Waals surface area (Å²) < 4.78 is 80.7. The van der Waals surface area contributed by atoms with Crippen LogP contribution in [0.15, 0.2) is 24.7 Å². The van der Waals surface area contributed by atoms with Crippen LogP contribution in [0.1, 0.15) is 29.9 Å². The zero-order valence-corrected chi connectivity index (χ0v) is 20.8. The molecule has 1 saturated heterocycles. The van der Waals surface area contributed by atoms with Crippen molar-refractivity contribution in [3.05, 3.63) is 41.2 Å². The number of rotatable bonds is 7. The number of carbonyl (C=O) groups excluding carboxylic acids is 1. The Kier molecular flexibility index (Phi) is 7.92. The zero-order valence-electron chi connectivity index (χ0n) is 20.0. The molecule has 3 aromatic rings. The quantitative estimate of drug-likeness (QED) is 0.440. The predicted octanol–water partition coefficient (Wildman–Crippen LogP) is 3.50. The van der Waals surface area contributed by atoms with Gasteiger partial charge >= 0.3 is 12.4 Å². The first-order chi connectivity index (χ1) is 17.9. The molecule has 0 spiro atoms. The van der Waals surface area contributed by atoms with E-state index in [2.05, 4.69) is 20.1 Å². The van der Waals surface area contributed by atoms with E-state index in [1.807, 2.05) is 6.92 Å². The minimum Gasteiger partial charge on any atom is -0.396 e. The van der Waals surface area contributed by atoms with Gasteiger partial charge in [0.05, 0.1) is 11.7 Å². The maximum atomic E-state index is 13.5. The maximum absolute atomic E-state index is 13.5. The molecule has 0 aromatic carbocycles. The van der Waals surface area contributed by atoms with Crippen molar-refractivity contribution in [2.45, 2.75) is 44.7 Å². The van der Waals surface area contributed by atoms with Crippen LogP contribution in [-0.2, 0) is 30.1 Å². The fourth-order valence-electron chi connectivity index (χ4n) is 4.11. The predicted molar refractivity (Wildman–Crippen MR) is 124 cm³/mol. The third-order valence-electron chi connectivity index (χ3n) is 5.94. The van der Waals surface area contributed by atoms with E-state index in [9.17, 15) is 36.2 Å². The standard InChI is InChI=1S/C22H23F6N7O2S/c1-2-14-3-5-34(32-14)12-16(37)35-7-6-33(11-15(35)4-8-36)18-17(31-20(38-18)22(26,27)28)13-9-29-19(30-10-13)21(23,24)25/h3,5,9-10,15,36H,2,4,6-8,11-12H2,1H3/t15-/m1/s1. The highest BCUT2D eigenvalue weighted by Gasteiger charge is 2.39. The molecule has 1 amide bonds. The van der Waals surface area contributed by atoms with Crippen LogP contribution >= 0.6 is 11.3 Å². The number of nitrogens with zero attached hydrogens (tertiary/aromatic N) is 7. The van der Waals surface area contributed by atoms with Gasteiger partial charge in [0.1, 0.15) is 17.2 Å². The second-order valence-corrected chi connectivity index (χ2v) is 9.50. The van der Waals surface area contributed by atoms with Gasteiger partial charge in [-0.25, -0.2) is 15.0 Å². The second-order valence-electron chi connectivity index (χ2n) is 8.52. The minimum atomic E-state index is -4.81. The number of hydrogen-bond donors (Lipinski definition) is 1. The van der Waals surface area contributed by atoms with Crippen molar-refractivity contribution in [1.29, 1.82) is 0 Å². The summed E-state index contributed by atoms with van der Waals surface area (Å²) in [5, 5.41) is 12.8. The second kappa shape index (κ2) is 10.8. The molecule has 9 nitrogen and oxygen atoms in total. The van der Waals surface area contributed by atoms with E-state index in [1.54, 1.807) is 22.1 Å². The van der Waals surface area contributed by atoms with Gasteiger partial charge in [-0.15, -0.1) is 0 Å². The van der Waals surface area contributed by atoms with E-state index in [0.29, 0.717) is 17.8 Å². The van der Waals surface area contributed by atoms with Crippen LogP contribution < -0.4 is 4.90 Å². The Morgan fingerprint density at radius 3 is 2.42 bits per heavy atom. The largest absolute Gasteiger partial charge is 0.451 e. The van der Waals surface area contributed by atoms with Crippen LogP contribution in [-0.4, -0.2) is 72.9 Å². The molecule has 1 atom stereocenters. The lowest BCUT2D eigenvalue weighted by Crippen LogP contribution is -2.56.